The number of H-pyrrole nitrogens is 1. The first-order valence-electron chi connectivity index (χ1n) is 10.4. The van der Waals surface area contributed by atoms with Crippen molar-refractivity contribution in [2.24, 2.45) is 0 Å². The molecule has 5 heterocycles. The van der Waals surface area contributed by atoms with Crippen molar-refractivity contribution in [3.05, 3.63) is 72.2 Å². The molecule has 1 saturated heterocycles. The number of rotatable bonds is 4. The molecule has 2 aliphatic heterocycles. The summed E-state index contributed by atoms with van der Waals surface area (Å²) in [7, 11) is 0. The second-order valence-corrected chi connectivity index (χ2v) is 9.88. The van der Waals surface area contributed by atoms with Gasteiger partial charge in [0.05, 0.1) is 16.6 Å². The molecule has 8 heteroatoms. The average molecular weight is 441 g/mol. The monoisotopic (exact) mass is 440 g/mol. The Morgan fingerprint density at radius 2 is 2.03 bits per heavy atom. The molecule has 0 spiro atoms. The SMILES string of the molecule is O=C(c1cccs1)N1CCCCC1c1nc2c(c(=O)[nH]1)CCN(Cc1cccs1)C2. The number of thiophene rings is 2. The summed E-state index contributed by atoms with van der Waals surface area (Å²) in [5.41, 5.74) is 1.62. The van der Waals surface area contributed by atoms with E-state index in [9.17, 15) is 9.59 Å². The van der Waals surface area contributed by atoms with Crippen LogP contribution >= 0.6 is 22.7 Å². The molecule has 1 unspecified atom stereocenters. The van der Waals surface area contributed by atoms with E-state index in [2.05, 4.69) is 27.4 Å². The maximum Gasteiger partial charge on any atom is 0.264 e. The summed E-state index contributed by atoms with van der Waals surface area (Å²) in [5, 5.41) is 4.02. The maximum absolute atomic E-state index is 13.1. The van der Waals surface area contributed by atoms with Gasteiger partial charge in [-0.25, -0.2) is 4.98 Å². The Bertz CT molecular complexity index is 1080. The highest BCUT2D eigenvalue weighted by Gasteiger charge is 2.32. The van der Waals surface area contributed by atoms with Gasteiger partial charge in [-0.3, -0.25) is 14.5 Å². The van der Waals surface area contributed by atoms with Gasteiger partial charge in [-0.05, 0) is 48.6 Å². The van der Waals surface area contributed by atoms with Gasteiger partial charge in [0.2, 0.25) is 0 Å². The van der Waals surface area contributed by atoms with Crippen LogP contribution in [0, 0.1) is 0 Å². The minimum absolute atomic E-state index is 0.0365. The fourth-order valence-electron chi connectivity index (χ4n) is 4.43. The van der Waals surface area contributed by atoms with Gasteiger partial charge in [0, 0.05) is 36.6 Å². The van der Waals surface area contributed by atoms with Gasteiger partial charge in [0.25, 0.3) is 11.5 Å². The molecule has 6 nitrogen and oxygen atoms in total. The molecule has 1 atom stereocenters. The number of hydrogen-bond acceptors (Lipinski definition) is 6. The number of carbonyl (C=O) groups excluding carboxylic acids is 1. The van der Waals surface area contributed by atoms with Crippen molar-refractivity contribution in [1.29, 1.82) is 0 Å². The fourth-order valence-corrected chi connectivity index (χ4v) is 5.85. The van der Waals surface area contributed by atoms with E-state index in [-0.39, 0.29) is 17.5 Å². The lowest BCUT2D eigenvalue weighted by Crippen LogP contribution is -2.41. The molecule has 0 radical (unpaired) electrons. The van der Waals surface area contributed by atoms with Crippen LogP contribution in [-0.4, -0.2) is 38.8 Å². The molecule has 0 aromatic carbocycles. The zero-order valence-corrected chi connectivity index (χ0v) is 18.3. The third-order valence-electron chi connectivity index (χ3n) is 5.94. The lowest BCUT2D eigenvalue weighted by Gasteiger charge is -2.35. The fraction of sp³-hybridized carbons (Fsp3) is 0.409. The van der Waals surface area contributed by atoms with Gasteiger partial charge >= 0.3 is 0 Å². The highest BCUT2D eigenvalue weighted by Crippen LogP contribution is 2.31. The number of amides is 1. The van der Waals surface area contributed by atoms with Gasteiger partial charge in [-0.1, -0.05) is 12.1 Å². The Balaban J connectivity index is 1.42. The Morgan fingerprint density at radius 1 is 1.17 bits per heavy atom. The molecule has 0 saturated carbocycles. The summed E-state index contributed by atoms with van der Waals surface area (Å²) in [6.45, 7) is 3.12. The van der Waals surface area contributed by atoms with Crippen molar-refractivity contribution in [3.8, 4) is 0 Å². The molecule has 5 rings (SSSR count). The second-order valence-electron chi connectivity index (χ2n) is 7.90. The number of piperidine rings is 1. The van der Waals surface area contributed by atoms with Crippen molar-refractivity contribution < 1.29 is 4.79 Å². The van der Waals surface area contributed by atoms with Gasteiger partial charge in [0.1, 0.15) is 5.82 Å². The third-order valence-corrected chi connectivity index (χ3v) is 7.66. The van der Waals surface area contributed by atoms with E-state index in [0.717, 1.165) is 48.5 Å². The van der Waals surface area contributed by atoms with E-state index in [4.69, 9.17) is 4.98 Å². The number of nitrogens with one attached hydrogen (secondary N) is 1. The molecule has 1 amide bonds. The average Bonchev–Trinajstić information content (AvgIpc) is 3.47. The molecular weight excluding hydrogens is 416 g/mol. The van der Waals surface area contributed by atoms with Crippen LogP contribution in [0.25, 0.3) is 0 Å². The van der Waals surface area contributed by atoms with Crippen molar-refractivity contribution >= 4 is 28.6 Å². The maximum atomic E-state index is 13.1. The predicted molar refractivity (Wildman–Crippen MR) is 119 cm³/mol. The molecule has 30 heavy (non-hydrogen) atoms. The van der Waals surface area contributed by atoms with Gasteiger partial charge < -0.3 is 9.88 Å². The number of aromatic amines is 1. The van der Waals surface area contributed by atoms with Crippen molar-refractivity contribution in [3.63, 3.8) is 0 Å². The third kappa shape index (κ3) is 3.87. The standard InChI is InChI=1S/C22H24N4O2S2/c27-21-16-8-10-25(13-15-5-3-11-29-15)14-17(16)23-20(24-21)18-6-1-2-9-26(18)22(28)19-7-4-12-30-19/h3-5,7,11-12,18H,1-2,6,8-10,13-14H2,(H,23,24,27). The number of aromatic nitrogens is 2. The normalized spacial score (nSPS) is 19.6. The van der Waals surface area contributed by atoms with Crippen LogP contribution in [-0.2, 0) is 19.5 Å². The topological polar surface area (TPSA) is 69.3 Å². The van der Waals surface area contributed by atoms with E-state index >= 15 is 0 Å². The second kappa shape index (κ2) is 8.45. The Hall–Kier alpha value is -2.29. The molecule has 3 aromatic rings. The summed E-state index contributed by atoms with van der Waals surface area (Å²) in [4.78, 5) is 40.1. The first-order valence-corrected chi connectivity index (χ1v) is 12.2. The predicted octanol–water partition coefficient (Wildman–Crippen LogP) is 3.82. The highest BCUT2D eigenvalue weighted by atomic mass is 32.1. The zero-order valence-electron chi connectivity index (χ0n) is 16.7. The lowest BCUT2D eigenvalue weighted by atomic mass is 10.00. The van der Waals surface area contributed by atoms with Crippen LogP contribution in [0.4, 0.5) is 0 Å². The van der Waals surface area contributed by atoms with Gasteiger partial charge in [-0.15, -0.1) is 22.7 Å². The Kier molecular flexibility index (Phi) is 5.54. The molecule has 156 valence electrons. The number of likely N-dealkylation sites (tertiary alicyclic amines) is 1. The first-order chi connectivity index (χ1) is 14.7. The smallest absolute Gasteiger partial charge is 0.264 e. The molecule has 3 aromatic heterocycles. The number of fused-ring (bicyclic) bond motifs is 1. The van der Waals surface area contributed by atoms with Crippen molar-refractivity contribution in [2.45, 2.75) is 44.8 Å². The molecular formula is C22H24N4O2S2. The van der Waals surface area contributed by atoms with Crippen LogP contribution in [0.15, 0.2) is 39.8 Å². The minimum Gasteiger partial charge on any atom is -0.328 e. The molecule has 2 aliphatic rings. The van der Waals surface area contributed by atoms with Crippen LogP contribution in [0.3, 0.4) is 0 Å². The highest BCUT2D eigenvalue weighted by molar-refractivity contribution is 7.12. The molecule has 1 fully saturated rings. The first kappa shape index (κ1) is 19.7. The quantitative estimate of drug-likeness (QED) is 0.670. The van der Waals surface area contributed by atoms with Crippen LogP contribution < -0.4 is 5.56 Å². The summed E-state index contributed by atoms with van der Waals surface area (Å²) >= 11 is 3.22. The largest absolute Gasteiger partial charge is 0.328 e. The van der Waals surface area contributed by atoms with Crippen LogP contribution in [0.2, 0.25) is 0 Å². The summed E-state index contributed by atoms with van der Waals surface area (Å²) in [5.74, 6) is 0.677. The zero-order chi connectivity index (χ0) is 20.5. The van der Waals surface area contributed by atoms with E-state index < -0.39 is 0 Å². The Labute approximate surface area is 183 Å². The van der Waals surface area contributed by atoms with E-state index in [1.54, 1.807) is 11.3 Å². The molecule has 0 bridgehead atoms. The van der Waals surface area contributed by atoms with E-state index in [1.165, 1.54) is 16.2 Å². The van der Waals surface area contributed by atoms with Gasteiger partial charge in [0.15, 0.2) is 0 Å². The summed E-state index contributed by atoms with van der Waals surface area (Å²) in [6, 6.07) is 7.81. The van der Waals surface area contributed by atoms with Gasteiger partial charge in [-0.2, -0.15) is 0 Å². The van der Waals surface area contributed by atoms with E-state index in [0.29, 0.717) is 25.3 Å². The van der Waals surface area contributed by atoms with E-state index in [1.807, 2.05) is 22.4 Å². The van der Waals surface area contributed by atoms with Crippen molar-refractivity contribution in [1.82, 2.24) is 19.8 Å². The van der Waals surface area contributed by atoms with Crippen LogP contribution in [0.1, 0.15) is 56.9 Å². The molecule has 1 N–H and O–H groups in total. The lowest BCUT2D eigenvalue weighted by molar-refractivity contribution is 0.0603. The number of hydrogen-bond donors (Lipinski definition) is 1. The number of carbonyl (C=O) groups is 1. The summed E-state index contributed by atoms with van der Waals surface area (Å²) < 4.78 is 0. The van der Waals surface area contributed by atoms with Crippen LogP contribution in [0.5, 0.6) is 0 Å². The summed E-state index contributed by atoms with van der Waals surface area (Å²) in [6.07, 6.45) is 3.56. The Morgan fingerprint density at radius 3 is 2.83 bits per heavy atom. The van der Waals surface area contributed by atoms with Crippen molar-refractivity contribution in [2.75, 3.05) is 13.1 Å². The number of nitrogens with zero attached hydrogens (tertiary/aromatic N) is 3. The minimum atomic E-state index is -0.168. The molecule has 0 aliphatic carbocycles.